The van der Waals surface area contributed by atoms with E-state index < -0.39 is 0 Å². The van der Waals surface area contributed by atoms with Gasteiger partial charge in [-0.2, -0.15) is 0 Å². The monoisotopic (exact) mass is 266 g/mol. The molecule has 0 saturated carbocycles. The molecule has 4 heteroatoms. The Hall–Kier alpha value is 2.75. The van der Waals surface area contributed by atoms with E-state index in [2.05, 4.69) is 0 Å². The Kier molecular flexibility index (Phi) is 127. The summed E-state index contributed by atoms with van der Waals surface area (Å²) in [5.74, 6) is 0. The largest absolute Gasteiger partial charge is 0.316 e. The molecule has 0 unspecified atom stereocenters. The van der Waals surface area contributed by atoms with Crippen molar-refractivity contribution >= 4 is 88.9 Å². The summed E-state index contributed by atoms with van der Waals surface area (Å²) in [5.41, 5.74) is 0. The summed E-state index contributed by atoms with van der Waals surface area (Å²) < 4.78 is 0. The fourth-order valence-corrected chi connectivity index (χ4v) is 0. The minimum Gasteiger partial charge on any atom is 0.316 e. The molecule has 0 aromatic heterocycles. The summed E-state index contributed by atoms with van der Waals surface area (Å²) in [6.07, 6.45) is 0. The van der Waals surface area contributed by atoms with Crippen molar-refractivity contribution in [3.05, 3.63) is 0 Å². The van der Waals surface area contributed by atoms with Crippen LogP contribution >= 0.6 is 17.0 Å². The third kappa shape index (κ3) is 8.83. The van der Waals surface area contributed by atoms with Gasteiger partial charge in [0.15, 0.2) is 0 Å². The summed E-state index contributed by atoms with van der Waals surface area (Å²) in [6.45, 7) is 0. The maximum atomic E-state index is 0. The van der Waals surface area contributed by atoms with Gasteiger partial charge in [-0.1, -0.05) is 0 Å². The van der Waals surface area contributed by atoms with Crippen molar-refractivity contribution in [3.63, 3.8) is 0 Å². The van der Waals surface area contributed by atoms with Crippen molar-refractivity contribution in [2.75, 3.05) is 0 Å². The van der Waals surface area contributed by atoms with Crippen molar-refractivity contribution in [1.29, 1.82) is 0 Å². The van der Waals surface area contributed by atoms with Crippen molar-refractivity contribution in [2.24, 2.45) is 0 Å². The second-order valence-electron chi connectivity index (χ2n) is 0. The van der Waals surface area contributed by atoms with Gasteiger partial charge in [-0.15, -0.1) is 17.0 Å². The second kappa shape index (κ2) is 17.2. The van der Waals surface area contributed by atoms with E-state index in [1.54, 1.807) is 0 Å². The molecule has 0 aliphatic rings. The van der Waals surface area contributed by atoms with Crippen molar-refractivity contribution in [2.45, 2.75) is 0 Å². The van der Waals surface area contributed by atoms with Crippen LogP contribution in [0.1, 0.15) is 0 Å². The molecule has 0 N–H and O–H groups in total. The van der Waals surface area contributed by atoms with Crippen molar-refractivity contribution in [3.8, 4) is 0 Å². The molecule has 0 saturated heterocycles. The molecular formula is H6BaBrFMg. The Balaban J connectivity index is 0. The third-order valence-corrected chi connectivity index (χ3v) is 0. The first-order valence-electron chi connectivity index (χ1n) is 0. The molecule has 0 spiro atoms. The number of hydrogen-bond donors (Lipinski definition) is 0. The van der Waals surface area contributed by atoms with Crippen LogP contribution in [0.2, 0.25) is 0 Å². The van der Waals surface area contributed by atoms with Crippen LogP contribution in [0.15, 0.2) is 0 Å². The maximum Gasteiger partial charge on any atom is 0.316 e. The van der Waals surface area contributed by atoms with Crippen LogP contribution in [-0.4, -0.2) is 71.9 Å². The van der Waals surface area contributed by atoms with Gasteiger partial charge in [0.2, 0.25) is 0 Å². The topological polar surface area (TPSA) is 0 Å². The van der Waals surface area contributed by atoms with Crippen LogP contribution in [0.5, 0.6) is 0 Å². The maximum absolute atomic E-state index is 0. The quantitative estimate of drug-likeness (QED) is 0.488. The van der Waals surface area contributed by atoms with E-state index in [0.717, 1.165) is 0 Å². The summed E-state index contributed by atoms with van der Waals surface area (Å²) in [5, 5.41) is 0. The van der Waals surface area contributed by atoms with Gasteiger partial charge in [-0.05, 0) is 0 Å². The van der Waals surface area contributed by atoms with E-state index >= 15 is 0 Å². The van der Waals surface area contributed by atoms with Crippen LogP contribution in [0.3, 0.4) is 0 Å². The molecule has 4 heavy (non-hydrogen) atoms. The first kappa shape index (κ1) is 29.5. The van der Waals surface area contributed by atoms with Gasteiger partial charge >= 0.3 is 71.9 Å². The van der Waals surface area contributed by atoms with Gasteiger partial charge in [0.05, 0.1) is 0 Å². The smallest absolute Gasteiger partial charge is 0.316 e. The minimum atomic E-state index is 0. The standard InChI is InChI=1S/Ba.BrH.FH.Mg.4H/h;2*1H;;;;;. The molecule has 0 aliphatic carbocycles. The van der Waals surface area contributed by atoms with E-state index in [0.29, 0.717) is 0 Å². The first-order valence-corrected chi connectivity index (χ1v) is 0. The Bertz CT molecular complexity index is 8.00. The first-order chi connectivity index (χ1) is 0. The summed E-state index contributed by atoms with van der Waals surface area (Å²) in [4.78, 5) is 0. The molecule has 0 atom stereocenters. The summed E-state index contributed by atoms with van der Waals surface area (Å²) in [7, 11) is 0. The van der Waals surface area contributed by atoms with E-state index in [9.17, 15) is 0 Å². The van der Waals surface area contributed by atoms with E-state index in [1.807, 2.05) is 0 Å². The summed E-state index contributed by atoms with van der Waals surface area (Å²) in [6, 6.07) is 0. The van der Waals surface area contributed by atoms with Crippen molar-refractivity contribution in [1.82, 2.24) is 0 Å². The zero-order valence-corrected chi connectivity index (χ0v) is 2.53. The molecule has 0 amide bonds. The normalized spacial score (nSPS) is 0. The average molecular weight is 267 g/mol. The molecular weight excluding hydrogens is 261 g/mol. The molecule has 0 aliphatic heterocycles. The van der Waals surface area contributed by atoms with E-state index in [1.165, 1.54) is 0 Å². The number of halogens is 2. The molecule has 0 fully saturated rings. The molecule has 0 radical (unpaired) electrons. The minimum absolute atomic E-state index is 0. The van der Waals surface area contributed by atoms with Crippen LogP contribution in [0.25, 0.3) is 0 Å². The van der Waals surface area contributed by atoms with Gasteiger partial charge in [0, 0.05) is 0 Å². The molecule has 0 heterocycles. The Labute approximate surface area is 91.5 Å². The van der Waals surface area contributed by atoms with Crippen LogP contribution < -0.4 is 0 Å². The van der Waals surface area contributed by atoms with Gasteiger partial charge in [0.1, 0.15) is 0 Å². The van der Waals surface area contributed by atoms with Gasteiger partial charge in [0.25, 0.3) is 0 Å². The van der Waals surface area contributed by atoms with Crippen LogP contribution in [0.4, 0.5) is 4.70 Å². The Morgan fingerprint density at radius 2 is 1.00 bits per heavy atom. The Morgan fingerprint density at radius 3 is 1.00 bits per heavy atom. The fraction of sp³-hybridized carbons (Fsp3) is 0. The van der Waals surface area contributed by atoms with Gasteiger partial charge < -0.3 is 0 Å². The molecule has 24 valence electrons. The number of rotatable bonds is 0. The van der Waals surface area contributed by atoms with E-state index in [-0.39, 0.29) is 93.6 Å². The fourth-order valence-electron chi connectivity index (χ4n) is 0. The zero-order chi connectivity index (χ0) is 0. The molecule has 0 rings (SSSR count). The van der Waals surface area contributed by atoms with Gasteiger partial charge in [-0.25, -0.2) is 0 Å². The molecule has 0 aromatic carbocycles. The Morgan fingerprint density at radius 1 is 1.00 bits per heavy atom. The predicted octanol–water partition coefficient (Wildman–Crippen LogP) is -1.10. The number of hydrogen-bond acceptors (Lipinski definition) is 0. The van der Waals surface area contributed by atoms with Crippen LogP contribution in [0, 0.1) is 0 Å². The predicted molar refractivity (Wildman–Crippen MR) is 29.9 cm³/mol. The third-order valence-electron chi connectivity index (χ3n) is 0. The average Bonchev–Trinajstić information content (AvgIpc) is 0. The van der Waals surface area contributed by atoms with Crippen molar-refractivity contribution < 1.29 is 4.70 Å². The van der Waals surface area contributed by atoms with Gasteiger partial charge in [-0.3, -0.25) is 4.70 Å². The second-order valence-corrected chi connectivity index (χ2v) is 0. The van der Waals surface area contributed by atoms with Crippen LogP contribution in [-0.2, 0) is 0 Å². The molecule has 0 aromatic rings. The van der Waals surface area contributed by atoms with E-state index in [4.69, 9.17) is 0 Å². The molecule has 0 bridgehead atoms. The summed E-state index contributed by atoms with van der Waals surface area (Å²) >= 11 is 0. The molecule has 0 nitrogen and oxygen atoms in total. The SMILES string of the molecule is Br.F.[BaH2].[MgH2]. The zero-order valence-electron chi connectivity index (χ0n) is 0.816.